The van der Waals surface area contributed by atoms with Crippen molar-refractivity contribution in [1.82, 2.24) is 0 Å². The normalized spacial score (nSPS) is 10.3. The van der Waals surface area contributed by atoms with Gasteiger partial charge in [-0.3, -0.25) is 0 Å². The Balaban J connectivity index is 2.79. The third kappa shape index (κ3) is 2.25. The molecule has 0 radical (unpaired) electrons. The molecule has 0 fully saturated rings. The molecule has 4 heteroatoms. The van der Waals surface area contributed by atoms with Gasteiger partial charge in [0.25, 0.3) is 0 Å². The highest BCUT2D eigenvalue weighted by Crippen LogP contribution is 1.88. The zero-order chi connectivity index (χ0) is 8.10. The van der Waals surface area contributed by atoms with E-state index in [9.17, 15) is 5.21 Å². The number of aromatic nitrogens is 1. The smallest absolute Gasteiger partial charge is 0.189 e. The van der Waals surface area contributed by atoms with Crippen LogP contribution in [0.3, 0.4) is 0 Å². The van der Waals surface area contributed by atoms with Crippen LogP contribution in [-0.4, -0.2) is 13.3 Å². The Kier molecular flexibility index (Phi) is 2.43. The maximum absolute atomic E-state index is 10.7. The van der Waals surface area contributed by atoms with Gasteiger partial charge in [-0.05, 0) is 6.07 Å². The molecule has 4 nitrogen and oxygen atoms in total. The van der Waals surface area contributed by atoms with Crippen LogP contribution in [0.1, 0.15) is 5.56 Å². The Morgan fingerprint density at radius 3 is 3.18 bits per heavy atom. The minimum Gasteiger partial charge on any atom is -0.619 e. The summed E-state index contributed by atoms with van der Waals surface area (Å²) in [5, 5.41) is 14.2. The summed E-state index contributed by atoms with van der Waals surface area (Å²) in [7, 11) is 1.45. The highest BCUT2D eigenvalue weighted by molar-refractivity contribution is 5.77. The fraction of sp³-hybridized carbons (Fsp3) is 0.143. The zero-order valence-electron chi connectivity index (χ0n) is 6.10. The molecule has 0 aliphatic carbocycles. The average Bonchev–Trinajstić information content (AvgIpc) is 2.01. The highest BCUT2D eigenvalue weighted by Gasteiger charge is 1.91. The van der Waals surface area contributed by atoms with Crippen LogP contribution < -0.4 is 4.73 Å². The van der Waals surface area contributed by atoms with E-state index in [4.69, 9.17) is 0 Å². The first kappa shape index (κ1) is 7.53. The summed E-state index contributed by atoms with van der Waals surface area (Å²) >= 11 is 0. The van der Waals surface area contributed by atoms with Crippen LogP contribution in [0.4, 0.5) is 0 Å². The lowest BCUT2D eigenvalue weighted by Gasteiger charge is -1.94. The van der Waals surface area contributed by atoms with Gasteiger partial charge in [0.2, 0.25) is 0 Å². The van der Waals surface area contributed by atoms with Crippen molar-refractivity contribution in [1.29, 1.82) is 0 Å². The van der Waals surface area contributed by atoms with E-state index in [0.717, 1.165) is 0 Å². The predicted molar refractivity (Wildman–Crippen MR) is 40.0 cm³/mol. The van der Waals surface area contributed by atoms with E-state index in [2.05, 4.69) is 9.99 Å². The molecule has 1 rings (SSSR count). The molecule has 0 atom stereocenters. The van der Waals surface area contributed by atoms with Gasteiger partial charge < -0.3 is 10.0 Å². The molecule has 0 unspecified atom stereocenters. The zero-order valence-corrected chi connectivity index (χ0v) is 6.10. The quantitative estimate of drug-likeness (QED) is 0.265. The van der Waals surface area contributed by atoms with E-state index in [1.807, 2.05) is 0 Å². The molecule has 0 spiro atoms. The SMILES string of the molecule is CO/N=C\c1ccc[n+]([O-])c1. The first-order valence-corrected chi connectivity index (χ1v) is 3.08. The predicted octanol–water partition coefficient (Wildman–Crippen LogP) is 0.300. The lowest BCUT2D eigenvalue weighted by atomic mass is 10.3. The van der Waals surface area contributed by atoms with Crippen LogP contribution >= 0.6 is 0 Å². The topological polar surface area (TPSA) is 48.5 Å². The Morgan fingerprint density at radius 2 is 2.55 bits per heavy atom. The van der Waals surface area contributed by atoms with E-state index in [-0.39, 0.29) is 0 Å². The number of rotatable bonds is 2. The molecule has 11 heavy (non-hydrogen) atoms. The summed E-state index contributed by atoms with van der Waals surface area (Å²) in [6, 6.07) is 3.40. The summed E-state index contributed by atoms with van der Waals surface area (Å²) in [6.45, 7) is 0. The largest absolute Gasteiger partial charge is 0.619 e. The standard InChI is InChI=1S/C7H8N2O2/c1-11-8-5-7-3-2-4-9(10)6-7/h2-6H,1H3/b8-5-. The van der Waals surface area contributed by atoms with Crippen molar-refractivity contribution in [2.24, 2.45) is 5.16 Å². The van der Waals surface area contributed by atoms with Gasteiger partial charge in [-0.1, -0.05) is 5.16 Å². The summed E-state index contributed by atoms with van der Waals surface area (Å²) in [5.74, 6) is 0. The van der Waals surface area contributed by atoms with E-state index in [1.165, 1.54) is 25.7 Å². The van der Waals surface area contributed by atoms with Crippen LogP contribution in [0.2, 0.25) is 0 Å². The third-order valence-electron chi connectivity index (χ3n) is 1.11. The highest BCUT2D eigenvalue weighted by atomic mass is 16.6. The van der Waals surface area contributed by atoms with E-state index in [1.54, 1.807) is 12.1 Å². The lowest BCUT2D eigenvalue weighted by Crippen LogP contribution is -2.24. The van der Waals surface area contributed by atoms with Gasteiger partial charge in [0.1, 0.15) is 7.11 Å². The Labute approximate surface area is 64.3 Å². The molecule has 0 aliphatic rings. The van der Waals surface area contributed by atoms with Crippen molar-refractivity contribution in [2.45, 2.75) is 0 Å². The van der Waals surface area contributed by atoms with Crippen molar-refractivity contribution in [3.05, 3.63) is 35.3 Å². The molecule has 0 saturated carbocycles. The molecule has 1 aromatic heterocycles. The number of oxime groups is 1. The first-order valence-electron chi connectivity index (χ1n) is 3.08. The van der Waals surface area contributed by atoms with Gasteiger partial charge in [0.05, 0.1) is 11.8 Å². The van der Waals surface area contributed by atoms with Crippen LogP contribution in [0.5, 0.6) is 0 Å². The number of hydrogen-bond donors (Lipinski definition) is 0. The molecule has 0 amide bonds. The van der Waals surface area contributed by atoms with Crippen LogP contribution in [0.25, 0.3) is 0 Å². The minimum atomic E-state index is 0.705. The van der Waals surface area contributed by atoms with Gasteiger partial charge >= 0.3 is 0 Å². The van der Waals surface area contributed by atoms with Gasteiger partial charge in [-0.25, -0.2) is 0 Å². The van der Waals surface area contributed by atoms with Crippen LogP contribution in [0.15, 0.2) is 29.7 Å². The molecule has 0 saturated heterocycles. The molecule has 0 aromatic carbocycles. The Hall–Kier alpha value is -1.58. The lowest BCUT2D eigenvalue weighted by molar-refractivity contribution is -0.605. The van der Waals surface area contributed by atoms with Crippen LogP contribution in [0, 0.1) is 5.21 Å². The van der Waals surface area contributed by atoms with Gasteiger partial charge in [-0.15, -0.1) is 0 Å². The average molecular weight is 152 g/mol. The summed E-state index contributed by atoms with van der Waals surface area (Å²) < 4.78 is 0.705. The monoisotopic (exact) mass is 152 g/mol. The fourth-order valence-corrected chi connectivity index (χ4v) is 0.662. The number of hydrogen-bond acceptors (Lipinski definition) is 3. The number of pyridine rings is 1. The van der Waals surface area contributed by atoms with Gasteiger partial charge in [0, 0.05) is 6.07 Å². The van der Waals surface area contributed by atoms with Gasteiger partial charge in [-0.2, -0.15) is 4.73 Å². The fourth-order valence-electron chi connectivity index (χ4n) is 0.662. The molecule has 0 N–H and O–H groups in total. The van der Waals surface area contributed by atoms with Gasteiger partial charge in [0.15, 0.2) is 12.4 Å². The molecule has 0 bridgehead atoms. The number of nitrogens with zero attached hydrogens (tertiary/aromatic N) is 2. The second-order valence-electron chi connectivity index (χ2n) is 1.91. The molecule has 58 valence electrons. The third-order valence-corrected chi connectivity index (χ3v) is 1.11. The maximum atomic E-state index is 10.7. The maximum Gasteiger partial charge on any atom is 0.189 e. The van der Waals surface area contributed by atoms with Crippen LogP contribution in [-0.2, 0) is 4.84 Å². The van der Waals surface area contributed by atoms with Crippen molar-refractivity contribution in [2.75, 3.05) is 7.11 Å². The second-order valence-corrected chi connectivity index (χ2v) is 1.91. The molecular formula is C7H8N2O2. The minimum absolute atomic E-state index is 0.705. The molecule has 0 aliphatic heterocycles. The van der Waals surface area contributed by atoms with E-state index < -0.39 is 0 Å². The molecular weight excluding hydrogens is 144 g/mol. The molecule has 1 aromatic rings. The first-order chi connectivity index (χ1) is 5.33. The Morgan fingerprint density at radius 1 is 1.73 bits per heavy atom. The van der Waals surface area contributed by atoms with Crippen molar-refractivity contribution >= 4 is 6.21 Å². The van der Waals surface area contributed by atoms with Crippen molar-refractivity contribution in [3.63, 3.8) is 0 Å². The van der Waals surface area contributed by atoms with Crippen molar-refractivity contribution < 1.29 is 9.57 Å². The second kappa shape index (κ2) is 3.55. The summed E-state index contributed by atoms with van der Waals surface area (Å²) in [5.41, 5.74) is 0.712. The van der Waals surface area contributed by atoms with E-state index in [0.29, 0.717) is 10.3 Å². The molecule has 1 heterocycles. The summed E-state index contributed by atoms with van der Waals surface area (Å²) in [4.78, 5) is 4.44. The van der Waals surface area contributed by atoms with Crippen molar-refractivity contribution in [3.8, 4) is 0 Å². The van der Waals surface area contributed by atoms with E-state index >= 15 is 0 Å². The summed E-state index contributed by atoms with van der Waals surface area (Å²) in [6.07, 6.45) is 4.28. The Bertz CT molecular complexity index is 260.